The molecule has 1 N–H and O–H groups in total. The predicted octanol–water partition coefficient (Wildman–Crippen LogP) is 3.65. The van der Waals surface area contributed by atoms with Crippen LogP contribution in [-0.4, -0.2) is 12.2 Å². The highest BCUT2D eigenvalue weighted by Crippen LogP contribution is 2.24. The maximum Gasteiger partial charge on any atom is 0.146 e. The lowest BCUT2D eigenvalue weighted by molar-refractivity contribution is 0.199. The first-order valence-electron chi connectivity index (χ1n) is 6.40. The average molecular weight is 277 g/mol. The summed E-state index contributed by atoms with van der Waals surface area (Å²) in [5, 5.41) is 9.42. The van der Waals surface area contributed by atoms with Crippen LogP contribution in [0.25, 0.3) is 0 Å². The quantitative estimate of drug-likeness (QED) is 0.922. The van der Waals surface area contributed by atoms with Crippen molar-refractivity contribution >= 4 is 5.69 Å². The van der Waals surface area contributed by atoms with Crippen LogP contribution in [0.3, 0.4) is 0 Å². The maximum atomic E-state index is 14.0. The van der Waals surface area contributed by atoms with Crippen molar-refractivity contribution in [3.05, 3.63) is 65.2 Å². The molecule has 0 radical (unpaired) electrons. The minimum absolute atomic E-state index is 0.305. The van der Waals surface area contributed by atoms with E-state index in [1.807, 2.05) is 0 Å². The Morgan fingerprint density at radius 3 is 2.50 bits per heavy atom. The van der Waals surface area contributed by atoms with Gasteiger partial charge in [-0.25, -0.2) is 8.78 Å². The predicted molar refractivity (Wildman–Crippen MR) is 75.5 cm³/mol. The standard InChI is InChI=1S/C16H17F2NO/c1-11(20)13-6-7-16(15(18)9-13)19(2)10-12-4-3-5-14(17)8-12/h3-9,11,20H,10H2,1-2H3. The number of anilines is 1. The van der Waals surface area contributed by atoms with Crippen molar-refractivity contribution in [3.8, 4) is 0 Å². The molecule has 0 bridgehead atoms. The maximum absolute atomic E-state index is 14.0. The van der Waals surface area contributed by atoms with Crippen LogP contribution in [0.2, 0.25) is 0 Å². The van der Waals surface area contributed by atoms with Crippen LogP contribution in [0.1, 0.15) is 24.2 Å². The monoisotopic (exact) mass is 277 g/mol. The van der Waals surface area contributed by atoms with E-state index in [0.717, 1.165) is 5.56 Å². The largest absolute Gasteiger partial charge is 0.389 e. The molecular formula is C16H17F2NO. The number of halogens is 2. The molecule has 1 atom stereocenters. The first-order valence-corrected chi connectivity index (χ1v) is 6.40. The zero-order valence-corrected chi connectivity index (χ0v) is 11.5. The van der Waals surface area contributed by atoms with Crippen molar-refractivity contribution in [3.63, 3.8) is 0 Å². The second-order valence-electron chi connectivity index (χ2n) is 4.87. The van der Waals surface area contributed by atoms with Crippen LogP contribution in [-0.2, 0) is 6.54 Å². The molecule has 0 amide bonds. The van der Waals surface area contributed by atoms with Gasteiger partial charge in [0.15, 0.2) is 0 Å². The Morgan fingerprint density at radius 1 is 1.15 bits per heavy atom. The molecule has 106 valence electrons. The Balaban J connectivity index is 2.19. The molecule has 0 aliphatic carbocycles. The van der Waals surface area contributed by atoms with Gasteiger partial charge < -0.3 is 10.0 Å². The summed E-state index contributed by atoms with van der Waals surface area (Å²) in [5.74, 6) is -0.705. The van der Waals surface area contributed by atoms with E-state index in [1.165, 1.54) is 18.2 Å². The highest BCUT2D eigenvalue weighted by molar-refractivity contribution is 5.49. The first-order chi connectivity index (χ1) is 9.47. The molecule has 0 heterocycles. The molecular weight excluding hydrogens is 260 g/mol. The molecule has 2 nitrogen and oxygen atoms in total. The fourth-order valence-corrected chi connectivity index (χ4v) is 2.09. The van der Waals surface area contributed by atoms with Crippen molar-refractivity contribution in [2.75, 3.05) is 11.9 Å². The van der Waals surface area contributed by atoms with E-state index in [9.17, 15) is 13.9 Å². The van der Waals surface area contributed by atoms with Crippen LogP contribution in [0.15, 0.2) is 42.5 Å². The summed E-state index contributed by atoms with van der Waals surface area (Å²) in [7, 11) is 1.74. The fourth-order valence-electron chi connectivity index (χ4n) is 2.09. The van der Waals surface area contributed by atoms with Crippen molar-refractivity contribution in [1.82, 2.24) is 0 Å². The van der Waals surface area contributed by atoms with Gasteiger partial charge in [0.2, 0.25) is 0 Å². The van der Waals surface area contributed by atoms with Crippen LogP contribution < -0.4 is 4.90 Å². The van der Waals surface area contributed by atoms with Crippen molar-refractivity contribution in [1.29, 1.82) is 0 Å². The van der Waals surface area contributed by atoms with Gasteiger partial charge in [0, 0.05) is 13.6 Å². The number of hydrogen-bond acceptors (Lipinski definition) is 2. The lowest BCUT2D eigenvalue weighted by Crippen LogP contribution is -2.18. The lowest BCUT2D eigenvalue weighted by Gasteiger charge is -2.21. The summed E-state index contributed by atoms with van der Waals surface area (Å²) in [4.78, 5) is 1.70. The molecule has 0 saturated carbocycles. The molecule has 20 heavy (non-hydrogen) atoms. The number of rotatable bonds is 4. The summed E-state index contributed by atoms with van der Waals surface area (Å²) >= 11 is 0. The smallest absolute Gasteiger partial charge is 0.146 e. The molecule has 0 aliphatic rings. The van der Waals surface area contributed by atoms with Crippen LogP contribution in [0.5, 0.6) is 0 Å². The van der Waals surface area contributed by atoms with Gasteiger partial charge in [-0.05, 0) is 42.3 Å². The third kappa shape index (κ3) is 3.33. The third-order valence-electron chi connectivity index (χ3n) is 3.17. The number of nitrogens with zero attached hydrogens (tertiary/aromatic N) is 1. The van der Waals surface area contributed by atoms with Gasteiger partial charge in [-0.2, -0.15) is 0 Å². The zero-order valence-electron chi connectivity index (χ0n) is 11.5. The Labute approximate surface area is 117 Å². The van der Waals surface area contributed by atoms with Crippen LogP contribution in [0, 0.1) is 11.6 Å². The van der Waals surface area contributed by atoms with E-state index >= 15 is 0 Å². The molecule has 0 aromatic heterocycles. The minimum atomic E-state index is -0.702. The van der Waals surface area contributed by atoms with Gasteiger partial charge in [-0.1, -0.05) is 18.2 Å². The van der Waals surface area contributed by atoms with Gasteiger partial charge >= 0.3 is 0 Å². The van der Waals surface area contributed by atoms with E-state index < -0.39 is 11.9 Å². The van der Waals surface area contributed by atoms with Gasteiger partial charge in [-0.15, -0.1) is 0 Å². The average Bonchev–Trinajstić information content (AvgIpc) is 2.38. The van der Waals surface area contributed by atoms with Crippen molar-refractivity contribution in [2.45, 2.75) is 19.6 Å². The Kier molecular flexibility index (Phi) is 4.35. The Bertz CT molecular complexity index is 599. The molecule has 4 heteroatoms. The second-order valence-corrected chi connectivity index (χ2v) is 4.87. The van der Waals surface area contributed by atoms with Gasteiger partial charge in [0.25, 0.3) is 0 Å². The topological polar surface area (TPSA) is 23.5 Å². The number of benzene rings is 2. The summed E-state index contributed by atoms with van der Waals surface area (Å²) in [6.07, 6.45) is -0.702. The number of hydrogen-bond donors (Lipinski definition) is 1. The first kappa shape index (κ1) is 14.5. The molecule has 0 fully saturated rings. The molecule has 2 aromatic rings. The van der Waals surface area contributed by atoms with E-state index in [2.05, 4.69) is 0 Å². The third-order valence-corrected chi connectivity index (χ3v) is 3.17. The molecule has 0 saturated heterocycles. The fraction of sp³-hybridized carbons (Fsp3) is 0.250. The second kappa shape index (κ2) is 6.01. The number of aliphatic hydroxyl groups excluding tert-OH is 1. The Hall–Kier alpha value is -1.94. The molecule has 1 unspecified atom stereocenters. The van der Waals surface area contributed by atoms with E-state index in [0.29, 0.717) is 17.8 Å². The van der Waals surface area contributed by atoms with Crippen molar-refractivity contribution < 1.29 is 13.9 Å². The van der Waals surface area contributed by atoms with Gasteiger partial charge in [-0.3, -0.25) is 0 Å². The van der Waals surface area contributed by atoms with Crippen LogP contribution >= 0.6 is 0 Å². The summed E-state index contributed by atoms with van der Waals surface area (Å²) in [6, 6.07) is 10.9. The summed E-state index contributed by atoms with van der Waals surface area (Å²) < 4.78 is 27.1. The lowest BCUT2D eigenvalue weighted by atomic mass is 10.1. The van der Waals surface area contributed by atoms with Gasteiger partial charge in [0.05, 0.1) is 11.8 Å². The summed E-state index contributed by atoms with van der Waals surface area (Å²) in [5.41, 5.74) is 1.72. The number of aliphatic hydroxyl groups is 1. The van der Waals surface area contributed by atoms with E-state index in [1.54, 1.807) is 43.1 Å². The Morgan fingerprint density at radius 2 is 1.90 bits per heavy atom. The summed E-state index contributed by atoms with van der Waals surface area (Å²) in [6.45, 7) is 1.99. The highest BCUT2D eigenvalue weighted by Gasteiger charge is 2.11. The van der Waals surface area contributed by atoms with Crippen LogP contribution in [0.4, 0.5) is 14.5 Å². The van der Waals surface area contributed by atoms with Crippen molar-refractivity contribution in [2.24, 2.45) is 0 Å². The molecule has 0 spiro atoms. The highest BCUT2D eigenvalue weighted by atomic mass is 19.1. The SMILES string of the molecule is CC(O)c1ccc(N(C)Cc2cccc(F)c2)c(F)c1. The zero-order chi connectivity index (χ0) is 14.7. The minimum Gasteiger partial charge on any atom is -0.389 e. The van der Waals surface area contributed by atoms with Gasteiger partial charge in [0.1, 0.15) is 11.6 Å². The molecule has 2 aromatic carbocycles. The molecule has 2 rings (SSSR count). The van der Waals surface area contributed by atoms with E-state index in [-0.39, 0.29) is 5.82 Å². The van der Waals surface area contributed by atoms with E-state index in [4.69, 9.17) is 0 Å². The normalized spacial score (nSPS) is 12.2. The molecule has 0 aliphatic heterocycles.